The van der Waals surface area contributed by atoms with E-state index in [4.69, 9.17) is 5.26 Å². The van der Waals surface area contributed by atoms with Crippen molar-refractivity contribution >= 4 is 28.1 Å². The summed E-state index contributed by atoms with van der Waals surface area (Å²) in [5.74, 6) is -0.567. The minimum Gasteiger partial charge on any atom is -0.354 e. The molecule has 2 heterocycles. The minimum atomic E-state index is -0.322. The quantitative estimate of drug-likeness (QED) is 0.429. The molecule has 4 aromatic rings. The van der Waals surface area contributed by atoms with Crippen molar-refractivity contribution in [2.24, 2.45) is 0 Å². The number of hydrogen-bond donors (Lipinski definition) is 1. The molecule has 4 rings (SSSR count). The second-order valence-electron chi connectivity index (χ2n) is 7.26. The van der Waals surface area contributed by atoms with E-state index in [1.54, 1.807) is 49.6 Å². The van der Waals surface area contributed by atoms with Crippen LogP contribution in [0, 0.1) is 24.1 Å². The van der Waals surface area contributed by atoms with E-state index in [1.807, 2.05) is 30.0 Å². The smallest absolute Gasteiger partial charge is 0.270 e. The third-order valence-electron chi connectivity index (χ3n) is 5.08. The number of carbonyl (C=O) groups excluding carboxylic acids is 1. The number of pyridine rings is 1. The highest BCUT2D eigenvalue weighted by molar-refractivity contribution is 7.15. The normalized spacial score (nSPS) is 10.5. The number of nitrogens with zero attached hydrogens (tertiary/aromatic N) is 4. The lowest BCUT2D eigenvalue weighted by atomic mass is 10.1. The van der Waals surface area contributed by atoms with Gasteiger partial charge in [0.2, 0.25) is 0 Å². The number of nitriles is 1. The predicted molar refractivity (Wildman–Crippen MR) is 127 cm³/mol. The molecule has 0 atom stereocenters. The second kappa shape index (κ2) is 9.59. The van der Waals surface area contributed by atoms with E-state index in [2.05, 4.69) is 21.4 Å². The van der Waals surface area contributed by atoms with E-state index in [9.17, 15) is 9.18 Å². The molecule has 0 spiro atoms. The zero-order valence-electron chi connectivity index (χ0n) is 18.0. The van der Waals surface area contributed by atoms with Gasteiger partial charge in [-0.1, -0.05) is 18.2 Å². The van der Waals surface area contributed by atoms with Crippen molar-refractivity contribution in [3.8, 4) is 17.3 Å². The van der Waals surface area contributed by atoms with Gasteiger partial charge < -0.3 is 10.2 Å². The minimum absolute atomic E-state index is 0.245. The van der Waals surface area contributed by atoms with Crippen molar-refractivity contribution in [2.45, 2.75) is 13.5 Å². The molecule has 0 bridgehead atoms. The maximum atomic E-state index is 14.1. The first-order valence-electron chi connectivity index (χ1n) is 10.2. The molecule has 2 aromatic heterocycles. The standard InChI is InChI=1S/C25H20FN5OS/c1-16-23(24(32)28-2)30-25(33-16)31(19-10-7-17(13-27)8-11-19)15-18-9-12-22(29-14-18)20-5-3-4-6-21(20)26/h3-12,14H,15H2,1-2H3,(H,28,32). The van der Waals surface area contributed by atoms with Crippen LogP contribution in [0.2, 0.25) is 0 Å². The Kier molecular flexibility index (Phi) is 6.43. The summed E-state index contributed by atoms with van der Waals surface area (Å²) in [6.45, 7) is 2.28. The first-order chi connectivity index (χ1) is 16.0. The molecule has 33 heavy (non-hydrogen) atoms. The van der Waals surface area contributed by atoms with E-state index in [1.165, 1.54) is 17.4 Å². The Balaban J connectivity index is 1.69. The van der Waals surface area contributed by atoms with Gasteiger partial charge in [0.1, 0.15) is 11.5 Å². The van der Waals surface area contributed by atoms with Gasteiger partial charge in [-0.05, 0) is 55.0 Å². The summed E-state index contributed by atoms with van der Waals surface area (Å²) in [5, 5.41) is 12.4. The molecule has 0 saturated carbocycles. The summed E-state index contributed by atoms with van der Waals surface area (Å²) in [5.41, 5.74) is 3.63. The molecule has 0 unspecified atom stereocenters. The maximum Gasteiger partial charge on any atom is 0.270 e. The van der Waals surface area contributed by atoms with Crippen molar-refractivity contribution in [3.63, 3.8) is 0 Å². The number of benzene rings is 2. The summed E-state index contributed by atoms with van der Waals surface area (Å²) in [7, 11) is 1.57. The molecular formula is C25H20FN5OS. The summed E-state index contributed by atoms with van der Waals surface area (Å²) >= 11 is 1.41. The summed E-state index contributed by atoms with van der Waals surface area (Å²) < 4.78 is 14.1. The molecule has 1 amide bonds. The highest BCUT2D eigenvalue weighted by atomic mass is 32.1. The number of aryl methyl sites for hydroxylation is 1. The van der Waals surface area contributed by atoms with E-state index in [-0.39, 0.29) is 11.7 Å². The summed E-state index contributed by atoms with van der Waals surface area (Å²) in [4.78, 5) is 24.0. The van der Waals surface area contributed by atoms with Crippen LogP contribution in [0.4, 0.5) is 15.2 Å². The molecule has 0 aliphatic heterocycles. The molecular weight excluding hydrogens is 437 g/mol. The van der Waals surface area contributed by atoms with E-state index in [0.29, 0.717) is 34.2 Å². The molecule has 2 aromatic carbocycles. The van der Waals surface area contributed by atoms with Gasteiger partial charge >= 0.3 is 0 Å². The average molecular weight is 458 g/mol. The van der Waals surface area contributed by atoms with Crippen LogP contribution in [0.3, 0.4) is 0 Å². The summed E-state index contributed by atoms with van der Waals surface area (Å²) in [6, 6.07) is 19.5. The zero-order chi connectivity index (χ0) is 23.4. The van der Waals surface area contributed by atoms with Gasteiger partial charge in [0.25, 0.3) is 5.91 Å². The number of rotatable bonds is 6. The third-order valence-corrected chi connectivity index (χ3v) is 6.08. The lowest BCUT2D eigenvalue weighted by molar-refractivity contribution is 0.0958. The van der Waals surface area contributed by atoms with Crippen LogP contribution in [0.5, 0.6) is 0 Å². The lowest BCUT2D eigenvalue weighted by Gasteiger charge is -2.22. The van der Waals surface area contributed by atoms with Crippen molar-refractivity contribution in [3.05, 3.63) is 94.4 Å². The highest BCUT2D eigenvalue weighted by Gasteiger charge is 2.20. The van der Waals surface area contributed by atoms with Gasteiger partial charge in [0.15, 0.2) is 5.13 Å². The third kappa shape index (κ3) is 4.73. The van der Waals surface area contributed by atoms with Gasteiger partial charge in [-0.2, -0.15) is 5.26 Å². The molecule has 0 fully saturated rings. The van der Waals surface area contributed by atoms with Crippen LogP contribution in [0.25, 0.3) is 11.3 Å². The van der Waals surface area contributed by atoms with Crippen LogP contribution in [-0.2, 0) is 6.54 Å². The van der Waals surface area contributed by atoms with E-state index in [0.717, 1.165) is 16.1 Å². The van der Waals surface area contributed by atoms with Crippen molar-refractivity contribution in [2.75, 3.05) is 11.9 Å². The Labute approximate surface area is 195 Å². The Hall–Kier alpha value is -4.09. The fraction of sp³-hybridized carbons (Fsp3) is 0.120. The Morgan fingerprint density at radius 1 is 1.15 bits per heavy atom. The fourth-order valence-corrected chi connectivity index (χ4v) is 4.27. The van der Waals surface area contributed by atoms with Gasteiger partial charge in [0.05, 0.1) is 23.9 Å². The molecule has 6 nitrogen and oxygen atoms in total. The zero-order valence-corrected chi connectivity index (χ0v) is 18.9. The molecule has 0 aliphatic carbocycles. The fourth-order valence-electron chi connectivity index (χ4n) is 3.34. The molecule has 8 heteroatoms. The number of amides is 1. The highest BCUT2D eigenvalue weighted by Crippen LogP contribution is 2.33. The van der Waals surface area contributed by atoms with Crippen LogP contribution < -0.4 is 10.2 Å². The topological polar surface area (TPSA) is 81.9 Å². The second-order valence-corrected chi connectivity index (χ2v) is 8.44. The first-order valence-corrected chi connectivity index (χ1v) is 11.0. The number of hydrogen-bond acceptors (Lipinski definition) is 6. The van der Waals surface area contributed by atoms with E-state index >= 15 is 0 Å². The van der Waals surface area contributed by atoms with Crippen LogP contribution in [-0.4, -0.2) is 22.9 Å². The number of anilines is 2. The van der Waals surface area contributed by atoms with Crippen molar-refractivity contribution in [1.82, 2.24) is 15.3 Å². The lowest BCUT2D eigenvalue weighted by Crippen LogP contribution is -2.20. The first kappa shape index (κ1) is 22.1. The summed E-state index contributed by atoms with van der Waals surface area (Å²) in [6.07, 6.45) is 1.71. The predicted octanol–water partition coefficient (Wildman–Crippen LogP) is 5.22. The number of nitrogens with one attached hydrogen (secondary N) is 1. The number of thiazole rings is 1. The maximum absolute atomic E-state index is 14.1. The Bertz CT molecular complexity index is 1330. The van der Waals surface area contributed by atoms with Gasteiger partial charge in [-0.3, -0.25) is 9.78 Å². The molecule has 0 radical (unpaired) electrons. The number of aromatic nitrogens is 2. The largest absolute Gasteiger partial charge is 0.354 e. The van der Waals surface area contributed by atoms with Gasteiger partial charge in [-0.15, -0.1) is 11.3 Å². The van der Waals surface area contributed by atoms with Crippen LogP contribution >= 0.6 is 11.3 Å². The van der Waals surface area contributed by atoms with Crippen LogP contribution in [0.1, 0.15) is 26.5 Å². The Morgan fingerprint density at radius 2 is 1.91 bits per heavy atom. The average Bonchev–Trinajstić information content (AvgIpc) is 3.24. The van der Waals surface area contributed by atoms with Crippen molar-refractivity contribution in [1.29, 1.82) is 5.26 Å². The van der Waals surface area contributed by atoms with E-state index < -0.39 is 0 Å². The molecule has 0 aliphatic rings. The van der Waals surface area contributed by atoms with Gasteiger partial charge in [0, 0.05) is 29.4 Å². The van der Waals surface area contributed by atoms with Crippen LogP contribution in [0.15, 0.2) is 66.9 Å². The molecule has 1 N–H and O–H groups in total. The Morgan fingerprint density at radius 3 is 2.55 bits per heavy atom. The molecule has 164 valence electrons. The SMILES string of the molecule is CNC(=O)c1nc(N(Cc2ccc(-c3ccccc3F)nc2)c2ccc(C#N)cc2)sc1C. The number of carbonyl (C=O) groups is 1. The van der Waals surface area contributed by atoms with Crippen molar-refractivity contribution < 1.29 is 9.18 Å². The number of halogens is 1. The molecule has 0 saturated heterocycles. The monoisotopic (exact) mass is 457 g/mol. The van der Waals surface area contributed by atoms with Gasteiger partial charge in [-0.25, -0.2) is 9.37 Å².